The molecule has 164 valence electrons. The molecule has 1 saturated heterocycles. The van der Waals surface area contributed by atoms with Crippen LogP contribution in [0.3, 0.4) is 0 Å². The van der Waals surface area contributed by atoms with E-state index in [2.05, 4.69) is 33.9 Å². The number of rotatable bonds is 8. The normalized spacial score (nSPS) is 15.8. The van der Waals surface area contributed by atoms with Gasteiger partial charge in [0.25, 0.3) is 5.56 Å². The van der Waals surface area contributed by atoms with E-state index in [9.17, 15) is 4.79 Å². The molecule has 6 nitrogen and oxygen atoms in total. The molecule has 1 aliphatic heterocycles. The maximum Gasteiger partial charge on any atom is 0.253 e. The average molecular weight is 431 g/mol. The van der Waals surface area contributed by atoms with Gasteiger partial charge in [-0.3, -0.25) is 9.69 Å². The summed E-state index contributed by atoms with van der Waals surface area (Å²) in [4.78, 5) is 20.4. The van der Waals surface area contributed by atoms with Crippen LogP contribution in [0.2, 0.25) is 0 Å². The zero-order valence-electron chi connectivity index (χ0n) is 18.4. The van der Waals surface area contributed by atoms with Gasteiger partial charge < -0.3 is 19.9 Å². The highest BCUT2D eigenvalue weighted by atomic mass is 32.1. The molecule has 3 rings (SSSR count). The molecule has 7 heteroatoms. The van der Waals surface area contributed by atoms with E-state index >= 15 is 0 Å². The number of hydrogen-bond donors (Lipinski definition) is 2. The topological polar surface area (TPSA) is 60.6 Å². The van der Waals surface area contributed by atoms with Gasteiger partial charge in [-0.2, -0.15) is 0 Å². The van der Waals surface area contributed by atoms with Crippen LogP contribution in [0.5, 0.6) is 0 Å². The molecule has 0 spiro atoms. The van der Waals surface area contributed by atoms with Crippen molar-refractivity contribution in [1.82, 2.24) is 20.1 Å². The summed E-state index contributed by atoms with van der Waals surface area (Å²) < 4.78 is 5.44. The Balaban J connectivity index is 1.73. The Hall–Kier alpha value is -1.96. The lowest BCUT2D eigenvalue weighted by Crippen LogP contribution is -2.45. The first kappa shape index (κ1) is 22.7. The zero-order chi connectivity index (χ0) is 21.5. The third-order valence-electron chi connectivity index (χ3n) is 5.80. The molecule has 2 heterocycles. The number of hydrogen-bond acceptors (Lipinski definition) is 4. The number of nitrogens with zero attached hydrogens (tertiary/aromatic N) is 2. The maximum atomic E-state index is 12.8. The maximum absolute atomic E-state index is 12.8. The molecule has 2 aromatic rings. The molecule has 1 atom stereocenters. The van der Waals surface area contributed by atoms with Crippen molar-refractivity contribution in [3.63, 3.8) is 0 Å². The Bertz CT molecular complexity index is 908. The Morgan fingerprint density at radius 1 is 1.37 bits per heavy atom. The van der Waals surface area contributed by atoms with Gasteiger partial charge in [0, 0.05) is 37.8 Å². The fourth-order valence-electron chi connectivity index (χ4n) is 3.72. The van der Waals surface area contributed by atoms with Crippen LogP contribution in [0.15, 0.2) is 29.1 Å². The summed E-state index contributed by atoms with van der Waals surface area (Å²) in [5, 5.41) is 5.19. The summed E-state index contributed by atoms with van der Waals surface area (Å²) in [6.07, 6.45) is 1.99. The first-order valence-electron chi connectivity index (χ1n) is 10.9. The van der Waals surface area contributed by atoms with Crippen molar-refractivity contribution < 1.29 is 4.74 Å². The number of H-pyrrole nitrogens is 1. The van der Waals surface area contributed by atoms with Gasteiger partial charge in [0.05, 0.1) is 25.3 Å². The molecule has 0 bridgehead atoms. The van der Waals surface area contributed by atoms with E-state index in [1.807, 2.05) is 31.2 Å². The van der Waals surface area contributed by atoms with E-state index in [4.69, 9.17) is 17.0 Å². The number of aromatic nitrogens is 1. The second kappa shape index (κ2) is 10.9. The molecule has 1 aliphatic rings. The lowest BCUT2D eigenvalue weighted by molar-refractivity contribution is 0.0367. The standard InChI is InChI=1S/C23H34N4O2S/c1-4-18(3)24-23(30)27(10-6-9-26-11-13-29-14-12-26)16-20-15-19-8-5-7-17(2)21(19)25-22(20)28/h5,7-8,15,18H,4,6,9-14,16H2,1-3H3,(H,24,30)(H,25,28)/t18-/m1/s1. The average Bonchev–Trinajstić information content (AvgIpc) is 2.74. The zero-order valence-corrected chi connectivity index (χ0v) is 19.2. The SMILES string of the molecule is CC[C@@H](C)NC(=S)N(CCCN1CCOCC1)Cc1cc2cccc(C)c2[nH]c1=O. The van der Waals surface area contributed by atoms with E-state index in [0.717, 1.165) is 79.4 Å². The van der Waals surface area contributed by atoms with Crippen LogP contribution in [0.4, 0.5) is 0 Å². The number of thiocarbonyl (C=S) groups is 1. The van der Waals surface area contributed by atoms with Crippen molar-refractivity contribution >= 4 is 28.2 Å². The predicted molar refractivity (Wildman–Crippen MR) is 127 cm³/mol. The summed E-state index contributed by atoms with van der Waals surface area (Å²) in [6.45, 7) is 12.2. The second-order valence-corrected chi connectivity index (χ2v) is 8.54. The number of nitrogens with one attached hydrogen (secondary N) is 2. The fraction of sp³-hybridized carbons (Fsp3) is 0.565. The smallest absolute Gasteiger partial charge is 0.253 e. The summed E-state index contributed by atoms with van der Waals surface area (Å²) >= 11 is 5.72. The second-order valence-electron chi connectivity index (χ2n) is 8.15. The van der Waals surface area contributed by atoms with Gasteiger partial charge in [0.1, 0.15) is 0 Å². The molecule has 1 fully saturated rings. The van der Waals surface area contributed by atoms with E-state index in [-0.39, 0.29) is 5.56 Å². The number of benzene rings is 1. The molecular weight excluding hydrogens is 396 g/mol. The molecule has 1 aromatic carbocycles. The van der Waals surface area contributed by atoms with Crippen molar-refractivity contribution in [1.29, 1.82) is 0 Å². The fourth-order valence-corrected chi connectivity index (χ4v) is 4.08. The Morgan fingerprint density at radius 3 is 2.87 bits per heavy atom. The Morgan fingerprint density at radius 2 is 2.13 bits per heavy atom. The minimum Gasteiger partial charge on any atom is -0.379 e. The number of para-hydroxylation sites is 1. The van der Waals surface area contributed by atoms with Gasteiger partial charge in [-0.05, 0) is 55.9 Å². The van der Waals surface area contributed by atoms with Crippen molar-refractivity contribution in [3.8, 4) is 0 Å². The van der Waals surface area contributed by atoms with Gasteiger partial charge in [0.15, 0.2) is 5.11 Å². The van der Waals surface area contributed by atoms with E-state index in [0.29, 0.717) is 12.6 Å². The number of morpholine rings is 1. The van der Waals surface area contributed by atoms with E-state index in [1.54, 1.807) is 0 Å². The van der Waals surface area contributed by atoms with Crippen LogP contribution in [0.1, 0.15) is 37.8 Å². The largest absolute Gasteiger partial charge is 0.379 e. The molecule has 0 aliphatic carbocycles. The van der Waals surface area contributed by atoms with Crippen molar-refractivity contribution in [2.75, 3.05) is 39.4 Å². The minimum absolute atomic E-state index is 0.0404. The van der Waals surface area contributed by atoms with Crippen LogP contribution in [0, 0.1) is 6.92 Å². The summed E-state index contributed by atoms with van der Waals surface area (Å²) in [7, 11) is 0. The Labute approximate surface area is 184 Å². The van der Waals surface area contributed by atoms with Crippen LogP contribution in [-0.4, -0.2) is 65.3 Å². The third kappa shape index (κ3) is 6.03. The van der Waals surface area contributed by atoms with Crippen LogP contribution in [-0.2, 0) is 11.3 Å². The number of ether oxygens (including phenoxy) is 1. The lowest BCUT2D eigenvalue weighted by Gasteiger charge is -2.30. The summed E-state index contributed by atoms with van der Waals surface area (Å²) in [5.41, 5.74) is 2.69. The van der Waals surface area contributed by atoms with E-state index in [1.165, 1.54) is 0 Å². The van der Waals surface area contributed by atoms with Gasteiger partial charge in [-0.1, -0.05) is 25.1 Å². The highest BCUT2D eigenvalue weighted by Crippen LogP contribution is 2.16. The highest BCUT2D eigenvalue weighted by molar-refractivity contribution is 7.80. The number of aromatic amines is 1. The first-order valence-corrected chi connectivity index (χ1v) is 11.4. The molecule has 1 aromatic heterocycles. The van der Waals surface area contributed by atoms with E-state index < -0.39 is 0 Å². The Kier molecular flexibility index (Phi) is 8.24. The number of fused-ring (bicyclic) bond motifs is 1. The summed E-state index contributed by atoms with van der Waals surface area (Å²) in [5.74, 6) is 0. The summed E-state index contributed by atoms with van der Waals surface area (Å²) in [6, 6.07) is 8.38. The van der Waals surface area contributed by atoms with Crippen LogP contribution in [0.25, 0.3) is 10.9 Å². The monoisotopic (exact) mass is 430 g/mol. The van der Waals surface area contributed by atoms with Crippen molar-refractivity contribution in [3.05, 3.63) is 45.7 Å². The van der Waals surface area contributed by atoms with Crippen molar-refractivity contribution in [2.45, 2.75) is 46.2 Å². The molecule has 0 unspecified atom stereocenters. The molecule has 0 amide bonds. The highest BCUT2D eigenvalue weighted by Gasteiger charge is 2.16. The van der Waals surface area contributed by atoms with Gasteiger partial charge in [-0.25, -0.2) is 0 Å². The first-order chi connectivity index (χ1) is 14.5. The quantitative estimate of drug-likeness (QED) is 0.628. The third-order valence-corrected chi connectivity index (χ3v) is 6.18. The number of pyridine rings is 1. The number of aryl methyl sites for hydroxylation is 1. The molecule has 0 radical (unpaired) electrons. The van der Waals surface area contributed by atoms with Crippen LogP contribution >= 0.6 is 12.2 Å². The van der Waals surface area contributed by atoms with Crippen LogP contribution < -0.4 is 10.9 Å². The molecular formula is C23H34N4O2S. The lowest BCUT2D eigenvalue weighted by atomic mass is 10.1. The van der Waals surface area contributed by atoms with Gasteiger partial charge in [0.2, 0.25) is 0 Å². The minimum atomic E-state index is -0.0404. The predicted octanol–water partition coefficient (Wildman–Crippen LogP) is 3.03. The van der Waals surface area contributed by atoms with Gasteiger partial charge in [-0.15, -0.1) is 0 Å². The van der Waals surface area contributed by atoms with Crippen molar-refractivity contribution in [2.24, 2.45) is 0 Å². The molecule has 30 heavy (non-hydrogen) atoms. The molecule has 0 saturated carbocycles. The van der Waals surface area contributed by atoms with Gasteiger partial charge >= 0.3 is 0 Å². The molecule has 2 N–H and O–H groups in total.